The van der Waals surface area contributed by atoms with Crippen molar-refractivity contribution in [3.63, 3.8) is 0 Å². The minimum atomic E-state index is -3.50. The second-order valence-corrected chi connectivity index (χ2v) is 10.5. The molecule has 2 aliphatic rings. The van der Waals surface area contributed by atoms with Gasteiger partial charge in [0.05, 0.1) is 16.6 Å². The molecule has 2 aromatic rings. The highest BCUT2D eigenvalue weighted by Gasteiger charge is 2.22. The molecule has 7 nitrogen and oxygen atoms in total. The van der Waals surface area contributed by atoms with E-state index >= 15 is 0 Å². The predicted molar refractivity (Wildman–Crippen MR) is 118 cm³/mol. The van der Waals surface area contributed by atoms with Crippen LogP contribution in [0.5, 0.6) is 0 Å². The van der Waals surface area contributed by atoms with Crippen LogP contribution in [0.4, 0.5) is 10.5 Å². The van der Waals surface area contributed by atoms with Crippen molar-refractivity contribution in [3.05, 3.63) is 63.6 Å². The maximum atomic E-state index is 12.7. The largest absolute Gasteiger partial charge is 0.331 e. The van der Waals surface area contributed by atoms with Crippen molar-refractivity contribution in [2.75, 3.05) is 5.32 Å². The lowest BCUT2D eigenvalue weighted by Gasteiger charge is -2.18. The van der Waals surface area contributed by atoms with Crippen LogP contribution in [0.1, 0.15) is 35.3 Å². The lowest BCUT2D eigenvalue weighted by molar-refractivity contribution is 0.250. The fraction of sp³-hybridized carbons (Fsp3) is 0.333. The van der Waals surface area contributed by atoms with Gasteiger partial charge in [-0.3, -0.25) is 0 Å². The van der Waals surface area contributed by atoms with Crippen molar-refractivity contribution in [2.45, 2.75) is 49.5 Å². The van der Waals surface area contributed by atoms with Gasteiger partial charge in [0.2, 0.25) is 0 Å². The number of fused-ring (bicyclic) bond motifs is 1. The van der Waals surface area contributed by atoms with E-state index in [1.54, 1.807) is 12.1 Å². The molecule has 0 unspecified atom stereocenters. The van der Waals surface area contributed by atoms with E-state index in [1.165, 1.54) is 23.5 Å². The number of carbonyl (C=O) groups is 1. The molecule has 0 saturated carbocycles. The topological polar surface area (TPSA) is 100 Å². The van der Waals surface area contributed by atoms with E-state index in [9.17, 15) is 13.2 Å². The molecule has 4 rings (SSSR count). The van der Waals surface area contributed by atoms with Crippen molar-refractivity contribution in [1.29, 1.82) is 0 Å². The van der Waals surface area contributed by atoms with E-state index in [0.717, 1.165) is 35.5 Å². The van der Waals surface area contributed by atoms with E-state index < -0.39 is 9.84 Å². The van der Waals surface area contributed by atoms with Crippen LogP contribution in [0, 0.1) is 0 Å². The summed E-state index contributed by atoms with van der Waals surface area (Å²) in [6.45, 7) is 3.38. The maximum Gasteiger partial charge on any atom is 0.319 e. The molecule has 1 aromatic carbocycles. The molecule has 1 aliphatic carbocycles. The van der Waals surface area contributed by atoms with Gasteiger partial charge in [0.1, 0.15) is 10.8 Å². The number of benzene rings is 1. The van der Waals surface area contributed by atoms with E-state index in [-0.39, 0.29) is 22.7 Å². The summed E-state index contributed by atoms with van der Waals surface area (Å²) in [5.74, 6) is -0.113. The summed E-state index contributed by atoms with van der Waals surface area (Å²) in [6.07, 6.45) is 8.26. The van der Waals surface area contributed by atoms with Gasteiger partial charge in [-0.15, -0.1) is 11.3 Å². The molecule has 158 valence electrons. The first-order valence-corrected chi connectivity index (χ1v) is 12.3. The highest BCUT2D eigenvalue weighted by molar-refractivity contribution is 7.90. The number of amides is 2. The molecule has 0 bridgehead atoms. The van der Waals surface area contributed by atoms with Gasteiger partial charge in [0.15, 0.2) is 9.84 Å². The van der Waals surface area contributed by atoms with E-state index in [0.29, 0.717) is 17.2 Å². The van der Waals surface area contributed by atoms with Gasteiger partial charge in [-0.05, 0) is 49.6 Å². The Kier molecular flexibility index (Phi) is 6.03. The van der Waals surface area contributed by atoms with Gasteiger partial charge in [-0.25, -0.2) is 18.2 Å². The molecule has 0 saturated heterocycles. The first-order valence-electron chi connectivity index (χ1n) is 9.86. The number of nitrogens with one attached hydrogen (secondary N) is 3. The summed E-state index contributed by atoms with van der Waals surface area (Å²) >= 11 is 1.45. The Hall–Kier alpha value is -2.49. The molecular weight excluding hydrogens is 420 g/mol. The Labute approximate surface area is 180 Å². The molecule has 3 N–H and O–H groups in total. The second kappa shape index (κ2) is 8.71. The molecule has 1 atom stereocenters. The first kappa shape index (κ1) is 20.8. The van der Waals surface area contributed by atoms with Crippen LogP contribution in [0.2, 0.25) is 0 Å². The standard InChI is InChI=1S/C21H24N4O3S2/c1-14(15-5-3-2-4-6-15)23-21(26)24-16-7-9-17(10-8-16)30(27,28)13-20-25-18-11-22-12-19(18)29-20/h3,5-10,14,22H,2,4,11-13H2,1H3,(H2,23,24,26)/t14-/m0/s1. The van der Waals surface area contributed by atoms with Gasteiger partial charge in [0, 0.05) is 23.7 Å². The molecule has 30 heavy (non-hydrogen) atoms. The molecular formula is C21H24N4O3S2. The minimum Gasteiger partial charge on any atom is -0.331 e. The quantitative estimate of drug-likeness (QED) is 0.633. The molecule has 0 radical (unpaired) electrons. The fourth-order valence-electron chi connectivity index (χ4n) is 3.46. The number of anilines is 1. The smallest absolute Gasteiger partial charge is 0.319 e. The van der Waals surface area contributed by atoms with E-state index in [1.807, 2.05) is 13.0 Å². The fourth-order valence-corrected chi connectivity index (χ4v) is 6.12. The van der Waals surface area contributed by atoms with Crippen LogP contribution in [-0.2, 0) is 28.7 Å². The van der Waals surface area contributed by atoms with E-state index in [2.05, 4.69) is 33.1 Å². The molecule has 2 amide bonds. The van der Waals surface area contributed by atoms with Gasteiger partial charge < -0.3 is 16.0 Å². The summed E-state index contributed by atoms with van der Waals surface area (Å²) in [6, 6.07) is 5.80. The number of aromatic nitrogens is 1. The highest BCUT2D eigenvalue weighted by atomic mass is 32.2. The van der Waals surface area contributed by atoms with Gasteiger partial charge in [-0.1, -0.05) is 18.2 Å². The lowest BCUT2D eigenvalue weighted by Crippen LogP contribution is -2.37. The normalized spacial score (nSPS) is 16.6. The Balaban J connectivity index is 1.36. The summed E-state index contributed by atoms with van der Waals surface area (Å²) in [7, 11) is -3.50. The summed E-state index contributed by atoms with van der Waals surface area (Å²) in [5, 5.41) is 9.46. The van der Waals surface area contributed by atoms with Crippen molar-refractivity contribution in [3.8, 4) is 0 Å². The van der Waals surface area contributed by atoms with Crippen LogP contribution in [0.15, 0.2) is 53.0 Å². The number of nitrogens with zero attached hydrogens (tertiary/aromatic N) is 1. The first-order chi connectivity index (χ1) is 14.4. The third-order valence-electron chi connectivity index (χ3n) is 5.06. The average molecular weight is 445 g/mol. The van der Waals surface area contributed by atoms with Crippen LogP contribution in [0.3, 0.4) is 0 Å². The van der Waals surface area contributed by atoms with Gasteiger partial charge in [0.25, 0.3) is 0 Å². The Morgan fingerprint density at radius 2 is 2.03 bits per heavy atom. The number of hydrogen-bond acceptors (Lipinski definition) is 6. The Morgan fingerprint density at radius 3 is 2.73 bits per heavy atom. The highest BCUT2D eigenvalue weighted by Crippen LogP contribution is 2.26. The number of hydrogen-bond donors (Lipinski definition) is 3. The van der Waals surface area contributed by atoms with Gasteiger partial charge in [-0.2, -0.15) is 0 Å². The van der Waals surface area contributed by atoms with Crippen molar-refractivity contribution < 1.29 is 13.2 Å². The maximum absolute atomic E-state index is 12.7. The summed E-state index contributed by atoms with van der Waals surface area (Å²) in [5.41, 5.74) is 2.57. The number of rotatable bonds is 6. The van der Waals surface area contributed by atoms with Crippen molar-refractivity contribution >= 4 is 32.9 Å². The number of thiazole rings is 1. The monoisotopic (exact) mass is 444 g/mol. The minimum absolute atomic E-state index is 0.101. The van der Waals surface area contributed by atoms with Crippen LogP contribution < -0.4 is 16.0 Å². The van der Waals surface area contributed by atoms with E-state index in [4.69, 9.17) is 0 Å². The molecule has 0 fully saturated rings. The Morgan fingerprint density at radius 1 is 1.23 bits per heavy atom. The average Bonchev–Trinajstić information content (AvgIpc) is 3.30. The number of urea groups is 1. The van der Waals surface area contributed by atoms with Crippen LogP contribution in [-0.4, -0.2) is 25.5 Å². The zero-order valence-corrected chi connectivity index (χ0v) is 18.3. The van der Waals surface area contributed by atoms with Crippen LogP contribution in [0.25, 0.3) is 0 Å². The zero-order chi connectivity index (χ0) is 21.1. The molecule has 0 spiro atoms. The molecule has 2 heterocycles. The van der Waals surface area contributed by atoms with Gasteiger partial charge >= 0.3 is 6.03 Å². The Bertz CT molecular complexity index is 1080. The van der Waals surface area contributed by atoms with Crippen molar-refractivity contribution in [1.82, 2.24) is 15.6 Å². The van der Waals surface area contributed by atoms with Crippen molar-refractivity contribution in [2.24, 2.45) is 0 Å². The van der Waals surface area contributed by atoms with Crippen LogP contribution >= 0.6 is 11.3 Å². The number of carbonyl (C=O) groups excluding carboxylic acids is 1. The summed E-state index contributed by atoms with van der Waals surface area (Å²) in [4.78, 5) is 18.0. The summed E-state index contributed by atoms with van der Waals surface area (Å²) < 4.78 is 25.4. The predicted octanol–water partition coefficient (Wildman–Crippen LogP) is 3.51. The SMILES string of the molecule is C[C@H](NC(=O)Nc1ccc(S(=O)(=O)Cc2nc3c(s2)CNC3)cc1)C1=CCCC=C1. The third kappa shape index (κ3) is 4.80. The number of sulfone groups is 1. The molecule has 1 aliphatic heterocycles. The second-order valence-electron chi connectivity index (χ2n) is 7.37. The third-order valence-corrected chi connectivity index (χ3v) is 7.98. The zero-order valence-electron chi connectivity index (χ0n) is 16.6. The number of allylic oxidation sites excluding steroid dienone is 2. The molecule has 9 heteroatoms. The molecule has 1 aromatic heterocycles. The lowest BCUT2D eigenvalue weighted by atomic mass is 10.0.